The standard InChI is InChI=1S/C18H20F2N2O5S2/c1-27-17-7-6-14(29(25,26)22-9-3-2-4-10-22)12-16(17)21-28(23,24)18-8-5-13(19)11-15(18)20/h5-8,11-12,21H,2-4,9-10H2,1H3. The van der Waals surface area contributed by atoms with Gasteiger partial charge >= 0.3 is 0 Å². The van der Waals surface area contributed by atoms with Crippen molar-refractivity contribution in [1.29, 1.82) is 0 Å². The molecule has 1 N–H and O–H groups in total. The van der Waals surface area contributed by atoms with Gasteiger partial charge in [0.25, 0.3) is 10.0 Å². The molecule has 0 bridgehead atoms. The van der Waals surface area contributed by atoms with E-state index in [2.05, 4.69) is 4.72 Å². The lowest BCUT2D eigenvalue weighted by atomic mass is 10.2. The average molecular weight is 446 g/mol. The van der Waals surface area contributed by atoms with E-state index in [1.54, 1.807) is 0 Å². The zero-order valence-corrected chi connectivity index (χ0v) is 17.2. The van der Waals surface area contributed by atoms with Crippen LogP contribution in [-0.2, 0) is 20.0 Å². The fourth-order valence-corrected chi connectivity index (χ4v) is 5.74. The van der Waals surface area contributed by atoms with E-state index >= 15 is 0 Å². The number of nitrogens with one attached hydrogen (secondary N) is 1. The average Bonchev–Trinajstić information content (AvgIpc) is 2.68. The van der Waals surface area contributed by atoms with Gasteiger partial charge in [0.2, 0.25) is 10.0 Å². The molecule has 1 aliphatic rings. The van der Waals surface area contributed by atoms with E-state index in [0.29, 0.717) is 19.2 Å². The minimum absolute atomic E-state index is 0.0497. The summed E-state index contributed by atoms with van der Waals surface area (Å²) < 4.78 is 86.5. The quantitative estimate of drug-likeness (QED) is 0.737. The summed E-state index contributed by atoms with van der Waals surface area (Å²) in [5.74, 6) is -2.14. The fraction of sp³-hybridized carbons (Fsp3) is 0.333. The molecule has 158 valence electrons. The van der Waals surface area contributed by atoms with Crippen molar-refractivity contribution in [2.24, 2.45) is 0 Å². The van der Waals surface area contributed by atoms with Crippen molar-refractivity contribution in [1.82, 2.24) is 4.31 Å². The van der Waals surface area contributed by atoms with E-state index < -0.39 is 36.6 Å². The molecule has 0 atom stereocenters. The van der Waals surface area contributed by atoms with Gasteiger partial charge in [-0.2, -0.15) is 4.31 Å². The van der Waals surface area contributed by atoms with Crippen LogP contribution in [0.5, 0.6) is 5.75 Å². The highest BCUT2D eigenvalue weighted by molar-refractivity contribution is 7.92. The number of methoxy groups -OCH3 is 1. The van der Waals surface area contributed by atoms with E-state index in [9.17, 15) is 25.6 Å². The van der Waals surface area contributed by atoms with Gasteiger partial charge in [0.05, 0.1) is 17.7 Å². The van der Waals surface area contributed by atoms with Crippen molar-refractivity contribution in [2.75, 3.05) is 24.9 Å². The first-order chi connectivity index (χ1) is 13.6. The first-order valence-corrected chi connectivity index (χ1v) is 11.7. The van der Waals surface area contributed by atoms with Crippen LogP contribution in [0.1, 0.15) is 19.3 Å². The Morgan fingerprint density at radius 1 is 0.966 bits per heavy atom. The lowest BCUT2D eigenvalue weighted by Crippen LogP contribution is -2.35. The molecule has 0 saturated carbocycles. The third-order valence-corrected chi connectivity index (χ3v) is 7.84. The molecule has 1 aliphatic heterocycles. The van der Waals surface area contributed by atoms with E-state index in [4.69, 9.17) is 4.74 Å². The third kappa shape index (κ3) is 4.51. The summed E-state index contributed by atoms with van der Waals surface area (Å²) in [6, 6.07) is 5.81. The van der Waals surface area contributed by atoms with Gasteiger partial charge in [-0.05, 0) is 43.2 Å². The van der Waals surface area contributed by atoms with Crippen LogP contribution < -0.4 is 9.46 Å². The maximum absolute atomic E-state index is 13.9. The van der Waals surface area contributed by atoms with Crippen molar-refractivity contribution >= 4 is 25.7 Å². The summed E-state index contributed by atoms with van der Waals surface area (Å²) in [4.78, 5) is -0.886. The molecule has 7 nitrogen and oxygen atoms in total. The number of rotatable bonds is 6. The largest absolute Gasteiger partial charge is 0.495 e. The Hall–Kier alpha value is -2.24. The molecule has 0 spiro atoms. The normalized spacial score (nSPS) is 15.8. The molecule has 3 rings (SSSR count). The van der Waals surface area contributed by atoms with Crippen LogP contribution in [0.3, 0.4) is 0 Å². The molecule has 11 heteroatoms. The van der Waals surface area contributed by atoms with Gasteiger partial charge in [0, 0.05) is 19.2 Å². The molecule has 0 amide bonds. The molecular weight excluding hydrogens is 426 g/mol. The van der Waals surface area contributed by atoms with Crippen molar-refractivity contribution in [3.63, 3.8) is 0 Å². The highest BCUT2D eigenvalue weighted by Gasteiger charge is 2.28. The van der Waals surface area contributed by atoms with Crippen LogP contribution in [0.25, 0.3) is 0 Å². The highest BCUT2D eigenvalue weighted by Crippen LogP contribution is 2.32. The van der Waals surface area contributed by atoms with Crippen molar-refractivity contribution in [3.05, 3.63) is 48.0 Å². The van der Waals surface area contributed by atoms with Crippen LogP contribution in [0.15, 0.2) is 46.2 Å². The molecule has 2 aromatic carbocycles. The number of piperidine rings is 1. The first kappa shape index (κ1) is 21.5. The van der Waals surface area contributed by atoms with Crippen molar-refractivity contribution < 1.29 is 30.4 Å². The Balaban J connectivity index is 1.99. The van der Waals surface area contributed by atoms with Crippen LogP contribution >= 0.6 is 0 Å². The number of sulfonamides is 2. The topological polar surface area (TPSA) is 92.8 Å². The van der Waals surface area contributed by atoms with Crippen molar-refractivity contribution in [2.45, 2.75) is 29.1 Å². The Bertz CT molecular complexity index is 1120. The minimum Gasteiger partial charge on any atom is -0.495 e. The molecule has 2 aromatic rings. The van der Waals surface area contributed by atoms with Crippen LogP contribution in [0.2, 0.25) is 0 Å². The number of halogens is 2. The van der Waals surface area contributed by atoms with E-state index in [1.165, 1.54) is 23.5 Å². The summed E-state index contributed by atoms with van der Waals surface area (Å²) in [5.41, 5.74) is -0.172. The monoisotopic (exact) mass is 446 g/mol. The predicted octanol–water partition coefficient (Wildman–Crippen LogP) is 2.95. The summed E-state index contributed by atoms with van der Waals surface area (Å²) in [6.45, 7) is 0.770. The fourth-order valence-electron chi connectivity index (χ4n) is 3.07. The lowest BCUT2D eigenvalue weighted by Gasteiger charge is -2.26. The van der Waals surface area contributed by atoms with E-state index in [1.807, 2.05) is 0 Å². The molecule has 0 radical (unpaired) electrons. The van der Waals surface area contributed by atoms with E-state index in [-0.39, 0.29) is 16.3 Å². The maximum Gasteiger partial charge on any atom is 0.264 e. The highest BCUT2D eigenvalue weighted by atomic mass is 32.2. The van der Waals surface area contributed by atoms with Gasteiger partial charge < -0.3 is 4.74 Å². The number of hydrogen-bond acceptors (Lipinski definition) is 5. The first-order valence-electron chi connectivity index (χ1n) is 8.81. The maximum atomic E-state index is 13.9. The van der Waals surface area contributed by atoms with Gasteiger partial charge in [0.15, 0.2) is 0 Å². The molecule has 1 saturated heterocycles. The Morgan fingerprint density at radius 2 is 1.66 bits per heavy atom. The number of anilines is 1. The van der Waals surface area contributed by atoms with Gasteiger partial charge in [-0.3, -0.25) is 4.72 Å². The lowest BCUT2D eigenvalue weighted by molar-refractivity contribution is 0.346. The van der Waals surface area contributed by atoms with Crippen LogP contribution in [0.4, 0.5) is 14.5 Å². The van der Waals surface area contributed by atoms with E-state index in [0.717, 1.165) is 37.5 Å². The number of benzene rings is 2. The van der Waals surface area contributed by atoms with Crippen LogP contribution in [-0.4, -0.2) is 41.3 Å². The summed E-state index contributed by atoms with van der Waals surface area (Å²) in [5, 5.41) is 0. The van der Waals surface area contributed by atoms with Crippen LogP contribution in [0, 0.1) is 11.6 Å². The molecular formula is C18H20F2N2O5S2. The molecule has 0 unspecified atom stereocenters. The molecule has 0 aliphatic carbocycles. The second-order valence-electron chi connectivity index (χ2n) is 6.51. The summed E-state index contributed by atoms with van der Waals surface area (Å²) >= 11 is 0. The predicted molar refractivity (Wildman–Crippen MR) is 103 cm³/mol. The SMILES string of the molecule is COc1ccc(S(=O)(=O)N2CCCCC2)cc1NS(=O)(=O)c1ccc(F)cc1F. The zero-order valence-electron chi connectivity index (χ0n) is 15.6. The molecule has 0 aromatic heterocycles. The Labute approximate surface area is 168 Å². The van der Waals surface area contributed by atoms with Gasteiger partial charge in [-0.15, -0.1) is 0 Å². The smallest absolute Gasteiger partial charge is 0.264 e. The summed E-state index contributed by atoms with van der Waals surface area (Å²) in [6.07, 6.45) is 2.44. The third-order valence-electron chi connectivity index (χ3n) is 4.55. The minimum atomic E-state index is -4.46. The second-order valence-corrected chi connectivity index (χ2v) is 10.1. The number of hydrogen-bond donors (Lipinski definition) is 1. The number of ether oxygens (including phenoxy) is 1. The van der Waals surface area contributed by atoms with Gasteiger partial charge in [-0.25, -0.2) is 25.6 Å². The molecule has 1 heterocycles. The summed E-state index contributed by atoms with van der Waals surface area (Å²) in [7, 11) is -7.00. The van der Waals surface area contributed by atoms with Gasteiger partial charge in [-0.1, -0.05) is 6.42 Å². The second kappa shape index (κ2) is 8.25. The Morgan fingerprint density at radius 3 is 2.28 bits per heavy atom. The zero-order chi connectivity index (χ0) is 21.2. The number of nitrogens with zero attached hydrogens (tertiary/aromatic N) is 1. The van der Waals surface area contributed by atoms with Crippen molar-refractivity contribution in [3.8, 4) is 5.75 Å². The molecule has 29 heavy (non-hydrogen) atoms. The van der Waals surface area contributed by atoms with Gasteiger partial charge in [0.1, 0.15) is 22.3 Å². The molecule has 1 fully saturated rings. The Kier molecular flexibility index (Phi) is 6.11.